The van der Waals surface area contributed by atoms with Gasteiger partial charge < -0.3 is 15.2 Å². The molecule has 0 aliphatic heterocycles. The van der Waals surface area contributed by atoms with Crippen molar-refractivity contribution in [1.82, 2.24) is 4.90 Å². The number of anilines is 1. The molecule has 0 bridgehead atoms. The number of hydrogen-bond acceptors (Lipinski definition) is 3. The number of nitrogen functional groups attached to an aromatic ring is 1. The van der Waals surface area contributed by atoms with Gasteiger partial charge in [0.2, 0.25) is 0 Å². The Labute approximate surface area is 117 Å². The highest BCUT2D eigenvalue weighted by molar-refractivity contribution is 7.51. The molecule has 4 nitrogen and oxygen atoms in total. The standard InChI is InChI=1S/C12H18FN2O2P.H3P/c1-15(7-6-13)12(16)9-4-5-10(14)11(8-9)17-18(2)3;/h4-5,8H,6-7,14H2,1-3H3;1H3. The minimum atomic E-state index is -0.612. The van der Waals surface area contributed by atoms with Gasteiger partial charge >= 0.3 is 0 Å². The molecule has 19 heavy (non-hydrogen) atoms. The SMILES string of the molecule is CN(CCF)C(=O)c1ccc(N)c(OP(C)C)c1.P. The molecule has 1 aromatic rings. The van der Waals surface area contributed by atoms with Crippen molar-refractivity contribution in [3.05, 3.63) is 23.8 Å². The van der Waals surface area contributed by atoms with Gasteiger partial charge in [0.15, 0.2) is 0 Å². The second-order valence-electron chi connectivity index (χ2n) is 4.07. The van der Waals surface area contributed by atoms with Gasteiger partial charge in [-0.25, -0.2) is 4.39 Å². The zero-order valence-corrected chi connectivity index (χ0v) is 13.8. The summed E-state index contributed by atoms with van der Waals surface area (Å²) in [5, 5.41) is 0. The number of benzene rings is 1. The number of nitrogens with zero attached hydrogens (tertiary/aromatic N) is 1. The highest BCUT2D eigenvalue weighted by Gasteiger charge is 2.14. The van der Waals surface area contributed by atoms with Gasteiger partial charge in [-0.15, -0.1) is 0 Å². The number of carbonyl (C=O) groups is 1. The number of nitrogens with two attached hydrogens (primary N) is 1. The Bertz CT molecular complexity index is 430. The Balaban J connectivity index is 0.00000324. The van der Waals surface area contributed by atoms with Crippen LogP contribution in [0.1, 0.15) is 10.4 Å². The fourth-order valence-corrected chi connectivity index (χ4v) is 1.94. The second kappa shape index (κ2) is 8.29. The van der Waals surface area contributed by atoms with E-state index in [4.69, 9.17) is 10.3 Å². The third-order valence-corrected chi connectivity index (χ3v) is 2.87. The van der Waals surface area contributed by atoms with E-state index >= 15 is 0 Å². The lowest BCUT2D eigenvalue weighted by Gasteiger charge is -2.17. The summed E-state index contributed by atoms with van der Waals surface area (Å²) >= 11 is 0. The predicted molar refractivity (Wildman–Crippen MR) is 84.3 cm³/mol. The third kappa shape index (κ3) is 5.30. The molecule has 0 aliphatic rings. The summed E-state index contributed by atoms with van der Waals surface area (Å²) in [5.74, 6) is 0.264. The van der Waals surface area contributed by atoms with Crippen molar-refractivity contribution in [2.45, 2.75) is 0 Å². The summed E-state index contributed by atoms with van der Waals surface area (Å²) in [6.07, 6.45) is 0. The summed E-state index contributed by atoms with van der Waals surface area (Å²) in [7, 11) is 0.949. The molecule has 1 aromatic carbocycles. The highest BCUT2D eigenvalue weighted by atomic mass is 31.1. The molecule has 1 atom stereocenters. The van der Waals surface area contributed by atoms with E-state index in [2.05, 4.69) is 0 Å². The summed E-state index contributed by atoms with van der Waals surface area (Å²) in [6, 6.07) is 4.85. The Morgan fingerprint density at radius 1 is 1.47 bits per heavy atom. The van der Waals surface area contributed by atoms with E-state index in [1.54, 1.807) is 25.2 Å². The molecule has 0 saturated heterocycles. The molecular weight excluding hydrogens is 285 g/mol. The first-order valence-electron chi connectivity index (χ1n) is 5.52. The lowest BCUT2D eigenvalue weighted by atomic mass is 10.1. The van der Waals surface area contributed by atoms with Crippen LogP contribution < -0.4 is 10.3 Å². The van der Waals surface area contributed by atoms with E-state index in [9.17, 15) is 9.18 Å². The molecule has 7 heteroatoms. The normalized spacial score (nSPS) is 9.95. The molecule has 1 rings (SSSR count). The number of amides is 1. The summed E-state index contributed by atoms with van der Waals surface area (Å²) in [5.41, 5.74) is 6.72. The van der Waals surface area contributed by atoms with E-state index in [0.717, 1.165) is 0 Å². The van der Waals surface area contributed by atoms with Crippen molar-refractivity contribution in [2.75, 3.05) is 39.3 Å². The van der Waals surface area contributed by atoms with Crippen LogP contribution in [-0.2, 0) is 0 Å². The van der Waals surface area contributed by atoms with Crippen LogP contribution in [0.15, 0.2) is 18.2 Å². The van der Waals surface area contributed by atoms with Crippen molar-refractivity contribution in [1.29, 1.82) is 0 Å². The van der Waals surface area contributed by atoms with Gasteiger partial charge in [0.05, 0.1) is 13.8 Å². The average molecular weight is 306 g/mol. The van der Waals surface area contributed by atoms with Crippen LogP contribution in [0.3, 0.4) is 0 Å². The van der Waals surface area contributed by atoms with Gasteiger partial charge in [-0.3, -0.25) is 4.79 Å². The van der Waals surface area contributed by atoms with E-state index in [1.807, 2.05) is 13.3 Å². The van der Waals surface area contributed by atoms with Crippen LogP contribution in [-0.4, -0.2) is 44.4 Å². The zero-order chi connectivity index (χ0) is 13.7. The molecule has 0 spiro atoms. The van der Waals surface area contributed by atoms with Gasteiger partial charge in [0.25, 0.3) is 5.91 Å². The molecule has 2 N–H and O–H groups in total. The van der Waals surface area contributed by atoms with E-state index in [0.29, 0.717) is 17.0 Å². The molecule has 108 valence electrons. The zero-order valence-electron chi connectivity index (χ0n) is 11.5. The maximum atomic E-state index is 12.2. The lowest BCUT2D eigenvalue weighted by Crippen LogP contribution is -2.28. The Hall–Kier alpha value is -0.920. The van der Waals surface area contributed by atoms with Crippen molar-refractivity contribution in [3.63, 3.8) is 0 Å². The molecule has 1 amide bonds. The minimum absolute atomic E-state index is 0. The van der Waals surface area contributed by atoms with Gasteiger partial charge in [0, 0.05) is 19.2 Å². The molecule has 0 fully saturated rings. The maximum absolute atomic E-state index is 12.2. The van der Waals surface area contributed by atoms with Crippen LogP contribution in [0.5, 0.6) is 5.75 Å². The smallest absolute Gasteiger partial charge is 0.253 e. The number of halogens is 1. The molecule has 0 saturated carbocycles. The lowest BCUT2D eigenvalue weighted by molar-refractivity contribution is 0.0786. The molecule has 0 heterocycles. The largest absolute Gasteiger partial charge is 0.472 e. The van der Waals surface area contributed by atoms with E-state index in [-0.39, 0.29) is 22.4 Å². The topological polar surface area (TPSA) is 55.6 Å². The molecule has 0 aliphatic carbocycles. The number of hydrogen-bond donors (Lipinski definition) is 1. The van der Waals surface area contributed by atoms with E-state index in [1.165, 1.54) is 4.90 Å². The first-order chi connectivity index (χ1) is 8.45. The number of alkyl halides is 1. The quantitative estimate of drug-likeness (QED) is 0.671. The molecule has 0 aromatic heterocycles. The minimum Gasteiger partial charge on any atom is -0.472 e. The Morgan fingerprint density at radius 2 is 2.11 bits per heavy atom. The van der Waals surface area contributed by atoms with Crippen LogP contribution in [0.2, 0.25) is 0 Å². The Morgan fingerprint density at radius 3 is 2.63 bits per heavy atom. The van der Waals surface area contributed by atoms with Crippen LogP contribution in [0.4, 0.5) is 10.1 Å². The van der Waals surface area contributed by atoms with Gasteiger partial charge in [-0.05, 0) is 31.5 Å². The molecule has 1 unspecified atom stereocenters. The first-order valence-corrected chi connectivity index (χ1v) is 7.67. The highest BCUT2D eigenvalue weighted by Crippen LogP contribution is 2.34. The maximum Gasteiger partial charge on any atom is 0.253 e. The monoisotopic (exact) mass is 306 g/mol. The summed E-state index contributed by atoms with van der Waals surface area (Å²) < 4.78 is 17.8. The van der Waals surface area contributed by atoms with Gasteiger partial charge in [0.1, 0.15) is 12.4 Å². The van der Waals surface area contributed by atoms with E-state index < -0.39 is 14.8 Å². The van der Waals surface area contributed by atoms with Gasteiger partial charge in [-0.2, -0.15) is 9.90 Å². The second-order valence-corrected chi connectivity index (χ2v) is 5.88. The fraction of sp³-hybridized carbons (Fsp3) is 0.417. The van der Waals surface area contributed by atoms with Crippen molar-refractivity contribution in [2.24, 2.45) is 0 Å². The van der Waals surface area contributed by atoms with Crippen LogP contribution in [0.25, 0.3) is 0 Å². The molecule has 0 radical (unpaired) electrons. The van der Waals surface area contributed by atoms with Crippen LogP contribution in [0, 0.1) is 0 Å². The van der Waals surface area contributed by atoms with Crippen LogP contribution >= 0.6 is 18.0 Å². The van der Waals surface area contributed by atoms with Crippen molar-refractivity contribution < 1.29 is 13.7 Å². The number of carbonyl (C=O) groups excluding carboxylic acids is 1. The van der Waals surface area contributed by atoms with Crippen molar-refractivity contribution >= 4 is 29.6 Å². The van der Waals surface area contributed by atoms with Gasteiger partial charge in [-0.1, -0.05) is 0 Å². The Kier molecular flexibility index (Phi) is 7.89. The average Bonchev–Trinajstić information content (AvgIpc) is 2.31. The molecular formula is C12H21FN2O2P2. The van der Waals surface area contributed by atoms with Crippen molar-refractivity contribution in [3.8, 4) is 5.75 Å². The third-order valence-electron chi connectivity index (χ3n) is 2.31. The first kappa shape index (κ1) is 18.1. The fourth-order valence-electron chi connectivity index (χ4n) is 1.39. The summed E-state index contributed by atoms with van der Waals surface area (Å²) in [6.45, 7) is 3.40. The summed E-state index contributed by atoms with van der Waals surface area (Å²) in [4.78, 5) is 13.3. The predicted octanol–water partition coefficient (Wildman–Crippen LogP) is 2.40. The number of rotatable bonds is 5.